The summed E-state index contributed by atoms with van der Waals surface area (Å²) >= 11 is 0. The van der Waals surface area contributed by atoms with Crippen molar-refractivity contribution in [3.8, 4) is 12.1 Å². The van der Waals surface area contributed by atoms with Crippen molar-refractivity contribution >= 4 is 5.69 Å². The molecule has 0 aliphatic heterocycles. The number of hydrogen-bond acceptors (Lipinski definition) is 4. The summed E-state index contributed by atoms with van der Waals surface area (Å²) in [5, 5.41) is 17.3. The van der Waals surface area contributed by atoms with E-state index in [0.29, 0.717) is 31.8 Å². The molecule has 0 N–H and O–H groups in total. The highest BCUT2D eigenvalue weighted by Crippen LogP contribution is 2.20. The van der Waals surface area contributed by atoms with Gasteiger partial charge in [0, 0.05) is 20.2 Å². The number of benzene rings is 1. The van der Waals surface area contributed by atoms with E-state index >= 15 is 0 Å². The lowest BCUT2D eigenvalue weighted by Gasteiger charge is -2.23. The van der Waals surface area contributed by atoms with Gasteiger partial charge in [-0.15, -0.1) is 0 Å². The lowest BCUT2D eigenvalue weighted by molar-refractivity contribution is 0.205. The van der Waals surface area contributed by atoms with Gasteiger partial charge in [0.05, 0.1) is 36.4 Å². The lowest BCUT2D eigenvalue weighted by atomic mass is 10.2. The van der Waals surface area contributed by atoms with E-state index in [2.05, 4.69) is 0 Å². The Balaban J connectivity index is 2.90. The first kappa shape index (κ1) is 14.0. The molecule has 0 unspecified atom stereocenters. The van der Waals surface area contributed by atoms with Gasteiger partial charge in [-0.1, -0.05) is 0 Å². The number of rotatable bonds is 6. The van der Waals surface area contributed by atoms with Gasteiger partial charge in [0.25, 0.3) is 0 Å². The summed E-state index contributed by atoms with van der Waals surface area (Å²) in [6.45, 7) is 1.38. The summed E-state index contributed by atoms with van der Waals surface area (Å²) < 4.78 is 18.8. The molecule has 0 amide bonds. The second-order valence-electron chi connectivity index (χ2n) is 3.67. The van der Waals surface area contributed by atoms with Crippen molar-refractivity contribution in [3.05, 3.63) is 29.6 Å². The summed E-state index contributed by atoms with van der Waals surface area (Å²) in [6, 6.07) is 8.23. The van der Waals surface area contributed by atoms with Crippen LogP contribution in [0, 0.1) is 28.5 Å². The topological polar surface area (TPSA) is 60.0 Å². The zero-order valence-electron chi connectivity index (χ0n) is 10.2. The van der Waals surface area contributed by atoms with E-state index in [1.807, 2.05) is 12.1 Å². The molecular formula is C13H14FN3O. The zero-order valence-corrected chi connectivity index (χ0v) is 10.2. The van der Waals surface area contributed by atoms with Gasteiger partial charge < -0.3 is 9.64 Å². The van der Waals surface area contributed by atoms with Crippen molar-refractivity contribution in [2.24, 2.45) is 0 Å². The van der Waals surface area contributed by atoms with Crippen molar-refractivity contribution in [3.63, 3.8) is 0 Å². The van der Waals surface area contributed by atoms with Crippen LogP contribution in [0.15, 0.2) is 18.2 Å². The Bertz CT molecular complexity index is 476. The molecule has 1 aromatic rings. The van der Waals surface area contributed by atoms with Crippen LogP contribution in [0.2, 0.25) is 0 Å². The normalized spacial score (nSPS) is 9.56. The van der Waals surface area contributed by atoms with E-state index in [-0.39, 0.29) is 5.56 Å². The number of anilines is 1. The minimum Gasteiger partial charge on any atom is -0.383 e. The third-order valence-electron chi connectivity index (χ3n) is 2.48. The Labute approximate surface area is 106 Å². The summed E-state index contributed by atoms with van der Waals surface area (Å²) in [6.07, 6.45) is 0.309. The molecule has 0 radical (unpaired) electrons. The maximum absolute atomic E-state index is 13.8. The van der Waals surface area contributed by atoms with E-state index in [4.69, 9.17) is 15.3 Å². The summed E-state index contributed by atoms with van der Waals surface area (Å²) in [5.41, 5.74) is 0.671. The Morgan fingerprint density at radius 3 is 2.67 bits per heavy atom. The highest BCUT2D eigenvalue weighted by atomic mass is 19.1. The van der Waals surface area contributed by atoms with E-state index in [9.17, 15) is 4.39 Å². The Hall–Kier alpha value is -2.11. The highest BCUT2D eigenvalue weighted by Gasteiger charge is 2.11. The maximum Gasteiger partial charge on any atom is 0.147 e. The second-order valence-corrected chi connectivity index (χ2v) is 3.67. The van der Waals surface area contributed by atoms with Crippen LogP contribution >= 0.6 is 0 Å². The second kappa shape index (κ2) is 7.26. The van der Waals surface area contributed by atoms with Crippen LogP contribution in [-0.2, 0) is 4.74 Å². The molecule has 4 nitrogen and oxygen atoms in total. The molecule has 0 fully saturated rings. The van der Waals surface area contributed by atoms with E-state index in [1.165, 1.54) is 6.07 Å². The molecule has 0 saturated carbocycles. The molecule has 5 heteroatoms. The van der Waals surface area contributed by atoms with E-state index in [1.54, 1.807) is 24.1 Å². The van der Waals surface area contributed by atoms with Crippen LogP contribution in [0.5, 0.6) is 0 Å². The minimum absolute atomic E-state index is 0.281. The summed E-state index contributed by atoms with van der Waals surface area (Å²) in [5.74, 6) is -0.455. The van der Waals surface area contributed by atoms with Gasteiger partial charge in [-0.3, -0.25) is 0 Å². The van der Waals surface area contributed by atoms with Crippen molar-refractivity contribution in [2.45, 2.75) is 6.42 Å². The fourth-order valence-corrected chi connectivity index (χ4v) is 1.57. The predicted molar refractivity (Wildman–Crippen MR) is 65.4 cm³/mol. The molecule has 0 bridgehead atoms. The third-order valence-corrected chi connectivity index (χ3v) is 2.48. The number of methoxy groups -OCH3 is 1. The van der Waals surface area contributed by atoms with Gasteiger partial charge in [0.15, 0.2) is 0 Å². The highest BCUT2D eigenvalue weighted by molar-refractivity contribution is 5.51. The quantitative estimate of drug-likeness (QED) is 0.772. The summed E-state index contributed by atoms with van der Waals surface area (Å²) in [4.78, 5) is 1.74. The van der Waals surface area contributed by atoms with Gasteiger partial charge in [0.2, 0.25) is 0 Å². The number of hydrogen-bond donors (Lipinski definition) is 0. The molecule has 94 valence electrons. The van der Waals surface area contributed by atoms with Crippen LogP contribution < -0.4 is 4.90 Å². The first-order chi connectivity index (χ1) is 8.72. The molecule has 0 spiro atoms. The monoisotopic (exact) mass is 247 g/mol. The first-order valence-corrected chi connectivity index (χ1v) is 5.53. The Kier molecular flexibility index (Phi) is 5.63. The van der Waals surface area contributed by atoms with Gasteiger partial charge in [0.1, 0.15) is 5.82 Å². The number of nitriles is 2. The Morgan fingerprint density at radius 1 is 1.33 bits per heavy atom. The zero-order chi connectivity index (χ0) is 13.4. The maximum atomic E-state index is 13.8. The molecule has 0 aromatic heterocycles. The van der Waals surface area contributed by atoms with Crippen LogP contribution in [-0.4, -0.2) is 26.8 Å². The van der Waals surface area contributed by atoms with Crippen LogP contribution in [0.25, 0.3) is 0 Å². The largest absolute Gasteiger partial charge is 0.383 e. The van der Waals surface area contributed by atoms with Gasteiger partial charge in [-0.05, 0) is 18.2 Å². The average molecular weight is 247 g/mol. The summed E-state index contributed by atoms with van der Waals surface area (Å²) in [7, 11) is 1.57. The molecule has 0 atom stereocenters. The van der Waals surface area contributed by atoms with Crippen molar-refractivity contribution in [1.29, 1.82) is 10.5 Å². The first-order valence-electron chi connectivity index (χ1n) is 5.53. The fourth-order valence-electron chi connectivity index (χ4n) is 1.57. The standard InChI is InChI=1S/C13H14FN3O/c1-18-8-7-17(6-2-5-15)13-4-3-11(10-16)9-12(13)14/h3-4,9H,2,6-8H2,1H3. The average Bonchev–Trinajstić information content (AvgIpc) is 2.39. The molecule has 18 heavy (non-hydrogen) atoms. The van der Waals surface area contributed by atoms with E-state index in [0.717, 1.165) is 0 Å². The van der Waals surface area contributed by atoms with Crippen LogP contribution in [0.3, 0.4) is 0 Å². The van der Waals surface area contributed by atoms with Crippen LogP contribution in [0.4, 0.5) is 10.1 Å². The minimum atomic E-state index is -0.455. The van der Waals surface area contributed by atoms with Gasteiger partial charge >= 0.3 is 0 Å². The molecule has 0 aliphatic rings. The number of ether oxygens (including phenoxy) is 1. The number of nitrogens with zero attached hydrogens (tertiary/aromatic N) is 3. The molecule has 0 saturated heterocycles. The smallest absolute Gasteiger partial charge is 0.147 e. The van der Waals surface area contributed by atoms with Crippen LogP contribution in [0.1, 0.15) is 12.0 Å². The molecular weight excluding hydrogens is 233 g/mol. The molecule has 0 heterocycles. The fraction of sp³-hybridized carbons (Fsp3) is 0.385. The lowest BCUT2D eigenvalue weighted by Crippen LogP contribution is -2.29. The van der Waals surface area contributed by atoms with Gasteiger partial charge in [-0.2, -0.15) is 10.5 Å². The van der Waals surface area contributed by atoms with Crippen molar-refractivity contribution in [2.75, 3.05) is 31.7 Å². The van der Waals surface area contributed by atoms with Gasteiger partial charge in [-0.25, -0.2) is 4.39 Å². The molecule has 1 rings (SSSR count). The predicted octanol–water partition coefficient (Wildman–Crippen LogP) is 2.06. The van der Waals surface area contributed by atoms with Crippen molar-refractivity contribution in [1.82, 2.24) is 0 Å². The molecule has 1 aromatic carbocycles. The SMILES string of the molecule is COCCN(CCC#N)c1ccc(C#N)cc1F. The molecule has 0 aliphatic carbocycles. The third kappa shape index (κ3) is 3.73. The Morgan fingerprint density at radius 2 is 2.11 bits per heavy atom. The number of halogens is 1. The van der Waals surface area contributed by atoms with E-state index < -0.39 is 5.82 Å². The van der Waals surface area contributed by atoms with Crippen molar-refractivity contribution < 1.29 is 9.13 Å².